The first-order valence-corrected chi connectivity index (χ1v) is 12.6. The molecular weight excluding hydrogens is 605 g/mol. The predicted molar refractivity (Wildman–Crippen MR) is 148 cm³/mol. The van der Waals surface area contributed by atoms with E-state index in [9.17, 15) is 24.5 Å². The Labute approximate surface area is 231 Å². The third-order valence-electron chi connectivity index (χ3n) is 5.63. The van der Waals surface area contributed by atoms with Gasteiger partial charge in [0.25, 0.3) is 17.5 Å². The Hall–Kier alpha value is -4.26. The fraction of sp³-hybridized carbons (Fsp3) is 0.148. The second-order valence-corrected chi connectivity index (χ2v) is 9.38. The highest BCUT2D eigenvalue weighted by Crippen LogP contribution is 2.36. The number of nitrogens with one attached hydrogen (secondary N) is 1. The summed E-state index contributed by atoms with van der Waals surface area (Å²) in [5.41, 5.74) is 2.09. The van der Waals surface area contributed by atoms with Crippen LogP contribution in [0.3, 0.4) is 0 Å². The van der Waals surface area contributed by atoms with Crippen molar-refractivity contribution >= 4 is 57.9 Å². The number of nitrogens with zero attached hydrogens (tertiary/aromatic N) is 2. The quantitative estimate of drug-likeness (QED) is 0.120. The van der Waals surface area contributed by atoms with Crippen molar-refractivity contribution in [2.24, 2.45) is 0 Å². The number of urea groups is 1. The van der Waals surface area contributed by atoms with Gasteiger partial charge in [-0.2, -0.15) is 0 Å². The van der Waals surface area contributed by atoms with Gasteiger partial charge in [0.05, 0.1) is 20.8 Å². The molecule has 0 aromatic heterocycles. The highest BCUT2D eigenvalue weighted by atomic mass is 127. The van der Waals surface area contributed by atoms with Crippen LogP contribution in [-0.4, -0.2) is 29.4 Å². The van der Waals surface area contributed by atoms with Crippen LogP contribution >= 0.6 is 22.6 Å². The topological polar surface area (TPSA) is 128 Å². The average Bonchev–Trinajstić information content (AvgIpc) is 2.87. The number of amides is 4. The van der Waals surface area contributed by atoms with E-state index in [4.69, 9.17) is 9.47 Å². The van der Waals surface area contributed by atoms with E-state index in [1.54, 1.807) is 55.5 Å². The van der Waals surface area contributed by atoms with E-state index >= 15 is 0 Å². The van der Waals surface area contributed by atoms with Crippen LogP contribution in [0.1, 0.15) is 23.6 Å². The van der Waals surface area contributed by atoms with E-state index in [2.05, 4.69) is 27.9 Å². The molecule has 0 radical (unpaired) electrons. The largest absolute Gasteiger partial charge is 0.490 e. The molecule has 3 aromatic rings. The van der Waals surface area contributed by atoms with Crippen molar-refractivity contribution in [1.29, 1.82) is 0 Å². The van der Waals surface area contributed by atoms with Gasteiger partial charge in [-0.1, -0.05) is 18.2 Å². The fourth-order valence-electron chi connectivity index (χ4n) is 3.80. The number of nitro groups is 1. The summed E-state index contributed by atoms with van der Waals surface area (Å²) < 4.78 is 12.4. The van der Waals surface area contributed by atoms with E-state index in [0.717, 1.165) is 10.5 Å². The van der Waals surface area contributed by atoms with E-state index in [1.807, 2.05) is 6.92 Å². The SMILES string of the molecule is CCOc1cc(/C=C2\C(=O)NC(=O)N(c3ccccc3C)C2=O)cc(I)c1OCc1ccc([N+](=O)[O-])cc1. The zero-order valence-electron chi connectivity index (χ0n) is 20.4. The third kappa shape index (κ3) is 5.67. The number of rotatable bonds is 8. The lowest BCUT2D eigenvalue weighted by Crippen LogP contribution is -2.54. The number of imide groups is 2. The molecule has 3 aromatic carbocycles. The lowest BCUT2D eigenvalue weighted by molar-refractivity contribution is -0.384. The Kier molecular flexibility index (Phi) is 8.05. The molecule has 0 bridgehead atoms. The zero-order chi connectivity index (χ0) is 27.4. The van der Waals surface area contributed by atoms with Gasteiger partial charge >= 0.3 is 6.03 Å². The summed E-state index contributed by atoms with van der Waals surface area (Å²) in [5.74, 6) is -0.691. The summed E-state index contributed by atoms with van der Waals surface area (Å²) in [6, 6.07) is 15.5. The Balaban J connectivity index is 1.64. The van der Waals surface area contributed by atoms with Gasteiger partial charge in [0, 0.05) is 12.1 Å². The number of para-hydroxylation sites is 1. The lowest BCUT2D eigenvalue weighted by atomic mass is 10.1. The Bertz CT molecular complexity index is 1470. The van der Waals surface area contributed by atoms with Gasteiger partial charge in [-0.25, -0.2) is 9.69 Å². The van der Waals surface area contributed by atoms with E-state index in [1.165, 1.54) is 18.2 Å². The van der Waals surface area contributed by atoms with Gasteiger partial charge in [0.2, 0.25) is 0 Å². The van der Waals surface area contributed by atoms with Gasteiger partial charge in [-0.15, -0.1) is 0 Å². The number of barbiturate groups is 1. The number of non-ortho nitro benzene ring substituents is 1. The second-order valence-electron chi connectivity index (χ2n) is 8.22. The van der Waals surface area contributed by atoms with Crippen LogP contribution in [0.5, 0.6) is 11.5 Å². The maximum absolute atomic E-state index is 13.3. The molecular formula is C27H22IN3O7. The van der Waals surface area contributed by atoms with Gasteiger partial charge in [0.15, 0.2) is 11.5 Å². The molecule has 0 saturated carbocycles. The average molecular weight is 627 g/mol. The minimum atomic E-state index is -0.814. The predicted octanol–water partition coefficient (Wildman–Crippen LogP) is 5.15. The van der Waals surface area contributed by atoms with Crippen LogP contribution in [0.2, 0.25) is 0 Å². The normalized spacial score (nSPS) is 14.4. The molecule has 1 aliphatic rings. The molecule has 1 aliphatic heterocycles. The molecule has 4 amide bonds. The van der Waals surface area contributed by atoms with Crippen LogP contribution in [0.25, 0.3) is 6.08 Å². The first kappa shape index (κ1) is 26.8. The number of halogens is 1. The summed E-state index contributed by atoms with van der Waals surface area (Å²) in [4.78, 5) is 49.8. The number of hydrogen-bond donors (Lipinski definition) is 1. The number of anilines is 1. The monoisotopic (exact) mass is 627 g/mol. The van der Waals surface area contributed by atoms with Crippen molar-refractivity contribution in [3.05, 3.63) is 96.6 Å². The molecule has 11 heteroatoms. The molecule has 4 rings (SSSR count). The number of ether oxygens (including phenoxy) is 2. The summed E-state index contributed by atoms with van der Waals surface area (Å²) in [7, 11) is 0. The molecule has 10 nitrogen and oxygen atoms in total. The minimum absolute atomic E-state index is 0.0142. The van der Waals surface area contributed by atoms with E-state index < -0.39 is 22.8 Å². The van der Waals surface area contributed by atoms with Crippen LogP contribution in [0.15, 0.2) is 66.2 Å². The number of benzene rings is 3. The maximum atomic E-state index is 13.3. The molecule has 0 aliphatic carbocycles. The van der Waals surface area contributed by atoms with Crippen LogP contribution in [0.4, 0.5) is 16.2 Å². The molecule has 194 valence electrons. The smallest absolute Gasteiger partial charge is 0.335 e. The summed E-state index contributed by atoms with van der Waals surface area (Å²) in [5, 5.41) is 13.1. The molecule has 1 saturated heterocycles. The molecule has 1 heterocycles. The van der Waals surface area contributed by atoms with E-state index in [-0.39, 0.29) is 17.9 Å². The number of aryl methyl sites for hydroxylation is 1. The molecule has 0 unspecified atom stereocenters. The molecule has 0 spiro atoms. The Morgan fingerprint density at radius 2 is 1.76 bits per heavy atom. The fourth-order valence-corrected chi connectivity index (χ4v) is 4.58. The molecule has 1 N–H and O–H groups in total. The van der Waals surface area contributed by atoms with Gasteiger partial charge < -0.3 is 9.47 Å². The summed E-state index contributed by atoms with van der Waals surface area (Å²) in [6.45, 7) is 4.05. The maximum Gasteiger partial charge on any atom is 0.335 e. The minimum Gasteiger partial charge on any atom is -0.490 e. The Morgan fingerprint density at radius 3 is 2.42 bits per heavy atom. The zero-order valence-corrected chi connectivity index (χ0v) is 22.6. The highest BCUT2D eigenvalue weighted by Gasteiger charge is 2.37. The van der Waals surface area contributed by atoms with Crippen molar-refractivity contribution in [2.75, 3.05) is 11.5 Å². The van der Waals surface area contributed by atoms with Crippen LogP contribution in [0, 0.1) is 20.6 Å². The van der Waals surface area contributed by atoms with Crippen molar-refractivity contribution < 1.29 is 28.8 Å². The number of carbonyl (C=O) groups is 3. The number of hydrogen-bond acceptors (Lipinski definition) is 7. The Morgan fingerprint density at radius 1 is 1.05 bits per heavy atom. The number of nitro benzene ring substituents is 1. The highest BCUT2D eigenvalue weighted by molar-refractivity contribution is 14.1. The second kappa shape index (κ2) is 11.4. The van der Waals surface area contributed by atoms with Gasteiger partial charge in [-0.05, 0) is 89.5 Å². The molecule has 38 heavy (non-hydrogen) atoms. The van der Waals surface area contributed by atoms with Crippen molar-refractivity contribution in [3.8, 4) is 11.5 Å². The first-order valence-electron chi connectivity index (χ1n) is 11.5. The number of carbonyl (C=O) groups excluding carboxylic acids is 3. The standard InChI is InChI=1S/C27H22IN3O7/c1-3-37-23-14-18(13-21(28)24(23)38-15-17-8-10-19(11-9-17)31(35)36)12-20-25(32)29-27(34)30(26(20)33)22-7-5-4-6-16(22)2/h4-14H,3,15H2,1-2H3,(H,29,32,34)/b20-12+. The third-order valence-corrected chi connectivity index (χ3v) is 6.43. The lowest BCUT2D eigenvalue weighted by Gasteiger charge is -2.27. The van der Waals surface area contributed by atoms with Crippen LogP contribution in [-0.2, 0) is 16.2 Å². The van der Waals surface area contributed by atoms with Crippen molar-refractivity contribution in [2.45, 2.75) is 20.5 Å². The van der Waals surface area contributed by atoms with Gasteiger partial charge in [0.1, 0.15) is 12.2 Å². The molecule has 1 fully saturated rings. The molecule has 0 atom stereocenters. The first-order chi connectivity index (χ1) is 18.2. The van der Waals surface area contributed by atoms with Gasteiger partial charge in [-0.3, -0.25) is 25.0 Å². The summed E-state index contributed by atoms with van der Waals surface area (Å²) in [6.07, 6.45) is 1.40. The van der Waals surface area contributed by atoms with Crippen LogP contribution < -0.4 is 19.7 Å². The van der Waals surface area contributed by atoms with Crippen molar-refractivity contribution in [3.63, 3.8) is 0 Å². The summed E-state index contributed by atoms with van der Waals surface area (Å²) >= 11 is 2.06. The van der Waals surface area contributed by atoms with Crippen molar-refractivity contribution in [1.82, 2.24) is 5.32 Å². The van der Waals surface area contributed by atoms with E-state index in [0.29, 0.717) is 38.5 Å².